The molecule has 0 bridgehead atoms. The molecule has 0 radical (unpaired) electrons. The number of anilines is 1. The number of nitrogens with one attached hydrogen (secondary N) is 1. The van der Waals surface area contributed by atoms with Crippen molar-refractivity contribution in [2.45, 2.75) is 5.09 Å². The van der Waals surface area contributed by atoms with Crippen LogP contribution in [0.4, 0.5) is 5.69 Å². The number of nitrogens with zero attached hydrogens (tertiary/aromatic N) is 1. The predicted octanol–water partition coefficient (Wildman–Crippen LogP) is 2.21. The molecule has 1 aliphatic heterocycles. The molecule has 1 amide bonds. The maximum atomic E-state index is 12.4. The molecular formula is C15H15ClN2O5S. The second-order valence-electron chi connectivity index (χ2n) is 5.10. The Morgan fingerprint density at radius 1 is 1.08 bits per heavy atom. The zero-order valence-corrected chi connectivity index (χ0v) is 14.1. The van der Waals surface area contributed by atoms with Crippen LogP contribution < -0.4 is 5.32 Å². The number of sulfonamides is 1. The molecule has 128 valence electrons. The average molecular weight is 371 g/mol. The number of rotatable bonds is 4. The van der Waals surface area contributed by atoms with Gasteiger partial charge in [-0.05, 0) is 36.4 Å². The average Bonchev–Trinajstić information content (AvgIpc) is 3.09. The number of halogens is 1. The van der Waals surface area contributed by atoms with Crippen molar-refractivity contribution in [2.75, 3.05) is 31.6 Å². The van der Waals surface area contributed by atoms with Crippen LogP contribution in [0.25, 0.3) is 0 Å². The van der Waals surface area contributed by atoms with E-state index in [0.717, 1.165) is 0 Å². The van der Waals surface area contributed by atoms with Gasteiger partial charge in [-0.2, -0.15) is 4.31 Å². The number of furan rings is 1. The molecule has 1 N–H and O–H groups in total. The van der Waals surface area contributed by atoms with Gasteiger partial charge in [0.2, 0.25) is 5.09 Å². The Balaban J connectivity index is 1.74. The normalized spacial score (nSPS) is 16.0. The Kier molecular flexibility index (Phi) is 4.91. The third kappa shape index (κ3) is 3.62. The first-order valence-corrected chi connectivity index (χ1v) is 9.03. The van der Waals surface area contributed by atoms with E-state index in [1.165, 1.54) is 16.4 Å². The van der Waals surface area contributed by atoms with E-state index in [4.69, 9.17) is 20.8 Å². The van der Waals surface area contributed by atoms with Crippen molar-refractivity contribution < 1.29 is 22.4 Å². The first-order valence-electron chi connectivity index (χ1n) is 7.21. The number of hydrogen-bond donors (Lipinski definition) is 1. The lowest BCUT2D eigenvalue weighted by atomic mass is 10.3. The second-order valence-corrected chi connectivity index (χ2v) is 7.40. The molecule has 0 unspecified atom stereocenters. The number of carbonyl (C=O) groups excluding carboxylic acids is 1. The SMILES string of the molecule is O=C(Nc1ccc(Cl)cc1)c1ccc(S(=O)(=O)N2CCOCC2)o1. The van der Waals surface area contributed by atoms with Gasteiger partial charge in [0.1, 0.15) is 0 Å². The Morgan fingerprint density at radius 3 is 2.42 bits per heavy atom. The van der Waals surface area contributed by atoms with Gasteiger partial charge in [-0.25, -0.2) is 8.42 Å². The molecular weight excluding hydrogens is 356 g/mol. The lowest BCUT2D eigenvalue weighted by molar-refractivity contribution is 0.0723. The third-order valence-corrected chi connectivity index (χ3v) is 5.50. The summed E-state index contributed by atoms with van der Waals surface area (Å²) in [5, 5.41) is 2.90. The van der Waals surface area contributed by atoms with E-state index in [-0.39, 0.29) is 23.9 Å². The summed E-state index contributed by atoms with van der Waals surface area (Å²) < 4.78 is 36.6. The van der Waals surface area contributed by atoms with Crippen molar-refractivity contribution in [2.24, 2.45) is 0 Å². The summed E-state index contributed by atoms with van der Waals surface area (Å²) in [5.41, 5.74) is 0.526. The van der Waals surface area contributed by atoms with Crippen LogP contribution in [-0.4, -0.2) is 44.9 Å². The fourth-order valence-corrected chi connectivity index (χ4v) is 3.67. The smallest absolute Gasteiger partial charge is 0.291 e. The molecule has 2 heterocycles. The fourth-order valence-electron chi connectivity index (χ4n) is 2.22. The maximum Gasteiger partial charge on any atom is 0.291 e. The van der Waals surface area contributed by atoms with Crippen molar-refractivity contribution in [3.63, 3.8) is 0 Å². The van der Waals surface area contributed by atoms with Crippen molar-refractivity contribution >= 4 is 33.2 Å². The van der Waals surface area contributed by atoms with Gasteiger partial charge in [-0.3, -0.25) is 4.79 Å². The molecule has 1 aromatic heterocycles. The lowest BCUT2D eigenvalue weighted by Gasteiger charge is -2.24. The van der Waals surface area contributed by atoms with E-state index in [1.807, 2.05) is 0 Å². The summed E-state index contributed by atoms with van der Waals surface area (Å²) in [5.74, 6) is -0.627. The topological polar surface area (TPSA) is 88.9 Å². The molecule has 7 nitrogen and oxygen atoms in total. The molecule has 9 heteroatoms. The van der Waals surface area contributed by atoms with Crippen LogP contribution in [0.2, 0.25) is 5.02 Å². The first-order chi connectivity index (χ1) is 11.5. The minimum absolute atomic E-state index is 0.0863. The summed E-state index contributed by atoms with van der Waals surface area (Å²) in [6.07, 6.45) is 0. The van der Waals surface area contributed by atoms with Crippen molar-refractivity contribution in [3.05, 3.63) is 47.2 Å². The molecule has 1 saturated heterocycles. The van der Waals surface area contributed by atoms with Gasteiger partial charge >= 0.3 is 0 Å². The Morgan fingerprint density at radius 2 is 1.75 bits per heavy atom. The van der Waals surface area contributed by atoms with E-state index in [0.29, 0.717) is 23.9 Å². The number of ether oxygens (including phenoxy) is 1. The zero-order valence-electron chi connectivity index (χ0n) is 12.6. The van der Waals surface area contributed by atoms with E-state index >= 15 is 0 Å². The largest absolute Gasteiger partial charge is 0.438 e. The molecule has 0 saturated carbocycles. The Hall–Kier alpha value is -1.87. The summed E-state index contributed by atoms with van der Waals surface area (Å²) in [7, 11) is -3.76. The quantitative estimate of drug-likeness (QED) is 0.891. The van der Waals surface area contributed by atoms with Crippen LogP contribution in [0.3, 0.4) is 0 Å². The zero-order chi connectivity index (χ0) is 17.2. The molecule has 2 aromatic rings. The van der Waals surface area contributed by atoms with Crippen molar-refractivity contribution in [1.29, 1.82) is 0 Å². The number of amides is 1. The predicted molar refractivity (Wildman–Crippen MR) is 87.7 cm³/mol. The van der Waals surface area contributed by atoms with Crippen LogP contribution >= 0.6 is 11.6 Å². The van der Waals surface area contributed by atoms with E-state index in [1.54, 1.807) is 24.3 Å². The minimum Gasteiger partial charge on any atom is -0.438 e. The van der Waals surface area contributed by atoms with Crippen molar-refractivity contribution in [3.8, 4) is 0 Å². The molecule has 0 aliphatic carbocycles. The standard InChI is InChI=1S/C15H15ClN2O5S/c16-11-1-3-12(4-2-11)17-15(19)13-5-6-14(23-13)24(20,21)18-7-9-22-10-8-18/h1-6H,7-10H2,(H,17,19). The van der Waals surface area contributed by atoms with Crippen LogP contribution in [0, 0.1) is 0 Å². The summed E-state index contributed by atoms with van der Waals surface area (Å²) in [4.78, 5) is 12.1. The Bertz CT molecular complexity index is 826. The second kappa shape index (κ2) is 6.94. The fraction of sp³-hybridized carbons (Fsp3) is 0.267. The van der Waals surface area contributed by atoms with Gasteiger partial charge in [0.25, 0.3) is 15.9 Å². The number of benzene rings is 1. The van der Waals surface area contributed by atoms with Gasteiger partial charge < -0.3 is 14.5 Å². The van der Waals surface area contributed by atoms with Gasteiger partial charge in [0, 0.05) is 23.8 Å². The third-order valence-electron chi connectivity index (χ3n) is 3.47. The van der Waals surface area contributed by atoms with Crippen LogP contribution in [-0.2, 0) is 14.8 Å². The van der Waals surface area contributed by atoms with Gasteiger partial charge in [-0.15, -0.1) is 0 Å². The highest BCUT2D eigenvalue weighted by molar-refractivity contribution is 7.89. The highest BCUT2D eigenvalue weighted by Gasteiger charge is 2.30. The van der Waals surface area contributed by atoms with E-state index in [9.17, 15) is 13.2 Å². The summed E-state index contributed by atoms with van der Waals surface area (Å²) >= 11 is 5.78. The Labute approximate surface area is 144 Å². The monoisotopic (exact) mass is 370 g/mol. The summed E-state index contributed by atoms with van der Waals surface area (Å²) in [6, 6.07) is 9.14. The highest BCUT2D eigenvalue weighted by Crippen LogP contribution is 2.21. The molecule has 0 atom stereocenters. The highest BCUT2D eigenvalue weighted by atomic mass is 35.5. The van der Waals surface area contributed by atoms with Crippen LogP contribution in [0.1, 0.15) is 10.6 Å². The van der Waals surface area contributed by atoms with Crippen LogP contribution in [0.5, 0.6) is 0 Å². The number of hydrogen-bond acceptors (Lipinski definition) is 5. The van der Waals surface area contributed by atoms with E-state index < -0.39 is 15.9 Å². The molecule has 1 fully saturated rings. The first kappa shape index (κ1) is 17.0. The van der Waals surface area contributed by atoms with Gasteiger partial charge in [0.05, 0.1) is 13.2 Å². The molecule has 24 heavy (non-hydrogen) atoms. The van der Waals surface area contributed by atoms with Crippen LogP contribution in [0.15, 0.2) is 45.9 Å². The molecule has 1 aromatic carbocycles. The van der Waals surface area contributed by atoms with Gasteiger partial charge in [0.15, 0.2) is 5.76 Å². The number of morpholine rings is 1. The summed E-state index contributed by atoms with van der Waals surface area (Å²) in [6.45, 7) is 1.19. The molecule has 0 spiro atoms. The molecule has 3 rings (SSSR count). The van der Waals surface area contributed by atoms with Gasteiger partial charge in [-0.1, -0.05) is 11.6 Å². The minimum atomic E-state index is -3.76. The lowest BCUT2D eigenvalue weighted by Crippen LogP contribution is -2.40. The number of carbonyl (C=O) groups is 1. The van der Waals surface area contributed by atoms with E-state index in [2.05, 4.69) is 5.32 Å². The van der Waals surface area contributed by atoms with Crippen molar-refractivity contribution in [1.82, 2.24) is 4.31 Å². The maximum absolute atomic E-state index is 12.4. The molecule has 1 aliphatic rings.